The minimum Gasteiger partial charge on any atom is -0.350 e. The highest BCUT2D eigenvalue weighted by molar-refractivity contribution is 8.18. The molecule has 3 aromatic rings. The van der Waals surface area contributed by atoms with Crippen molar-refractivity contribution in [2.24, 2.45) is 12.0 Å². The highest BCUT2D eigenvalue weighted by Gasteiger charge is 2.38. The van der Waals surface area contributed by atoms with Gasteiger partial charge in [0.1, 0.15) is 0 Å². The Kier molecular flexibility index (Phi) is 5.92. The van der Waals surface area contributed by atoms with Crippen LogP contribution < -0.4 is 0 Å². The smallest absolute Gasteiger partial charge is 0.267 e. The molecule has 1 amide bonds. The number of hydrogen-bond donors (Lipinski definition) is 0. The molecule has 1 saturated carbocycles. The van der Waals surface area contributed by atoms with Crippen LogP contribution in [0.2, 0.25) is 0 Å². The van der Waals surface area contributed by atoms with E-state index in [4.69, 9.17) is 4.99 Å². The van der Waals surface area contributed by atoms with Crippen molar-refractivity contribution in [3.63, 3.8) is 0 Å². The first-order valence-corrected chi connectivity index (χ1v) is 12.4. The van der Waals surface area contributed by atoms with Gasteiger partial charge < -0.3 is 4.57 Å². The van der Waals surface area contributed by atoms with Crippen LogP contribution in [0.4, 0.5) is 5.69 Å². The van der Waals surface area contributed by atoms with Crippen LogP contribution in [-0.4, -0.2) is 26.6 Å². The maximum atomic E-state index is 13.6. The molecule has 1 aliphatic carbocycles. The van der Waals surface area contributed by atoms with Crippen molar-refractivity contribution in [2.45, 2.75) is 51.5 Å². The van der Waals surface area contributed by atoms with E-state index in [0.717, 1.165) is 40.6 Å². The summed E-state index contributed by atoms with van der Waals surface area (Å²) >= 11 is 1.52. The average molecular weight is 444 g/mol. The number of amides is 1. The highest BCUT2D eigenvalue weighted by atomic mass is 32.2. The summed E-state index contributed by atoms with van der Waals surface area (Å²) in [5, 5.41) is 1.98. The summed E-state index contributed by atoms with van der Waals surface area (Å²) in [5.74, 6) is 0.0961. The van der Waals surface area contributed by atoms with Crippen LogP contribution in [0.25, 0.3) is 17.0 Å². The van der Waals surface area contributed by atoms with Crippen molar-refractivity contribution in [1.82, 2.24) is 9.47 Å². The van der Waals surface area contributed by atoms with Crippen molar-refractivity contribution in [3.8, 4) is 0 Å². The highest BCUT2D eigenvalue weighted by Crippen LogP contribution is 2.39. The summed E-state index contributed by atoms with van der Waals surface area (Å²) in [4.78, 5) is 21.3. The average Bonchev–Trinajstić information content (AvgIpc) is 3.31. The predicted octanol–water partition coefficient (Wildman–Crippen LogP) is 6.68. The first-order valence-electron chi connectivity index (χ1n) is 11.6. The van der Waals surface area contributed by atoms with Crippen LogP contribution in [0, 0.1) is 0 Å². The van der Waals surface area contributed by atoms with Gasteiger partial charge in [-0.05, 0) is 60.9 Å². The topological polar surface area (TPSA) is 37.6 Å². The number of hydrogen-bond acceptors (Lipinski definition) is 3. The number of aliphatic imine (C=N–C) groups is 1. The van der Waals surface area contributed by atoms with Crippen molar-refractivity contribution in [2.75, 3.05) is 0 Å². The van der Waals surface area contributed by atoms with Gasteiger partial charge >= 0.3 is 0 Å². The van der Waals surface area contributed by atoms with Crippen LogP contribution in [0.1, 0.15) is 50.2 Å². The molecule has 0 unspecified atom stereocenters. The van der Waals surface area contributed by atoms with E-state index in [1.54, 1.807) is 0 Å². The number of thioether (sulfide) groups is 1. The van der Waals surface area contributed by atoms with E-state index < -0.39 is 0 Å². The molecule has 0 spiro atoms. The molecule has 2 aromatic carbocycles. The third-order valence-electron chi connectivity index (χ3n) is 6.56. The first kappa shape index (κ1) is 21.1. The fourth-order valence-corrected chi connectivity index (χ4v) is 5.82. The number of aromatic nitrogens is 1. The lowest BCUT2D eigenvalue weighted by Gasteiger charge is -2.30. The zero-order valence-corrected chi connectivity index (χ0v) is 19.6. The largest absolute Gasteiger partial charge is 0.350 e. The Bertz CT molecular complexity index is 1200. The fourth-order valence-electron chi connectivity index (χ4n) is 4.77. The number of aryl methyl sites for hydroxylation is 2. The molecule has 2 heterocycles. The zero-order chi connectivity index (χ0) is 22.1. The Morgan fingerprint density at radius 2 is 1.81 bits per heavy atom. The second-order valence-electron chi connectivity index (χ2n) is 8.70. The van der Waals surface area contributed by atoms with Gasteiger partial charge in [0.15, 0.2) is 5.17 Å². The van der Waals surface area contributed by atoms with E-state index in [1.165, 1.54) is 47.5 Å². The fraction of sp³-hybridized carbons (Fsp3) is 0.333. The summed E-state index contributed by atoms with van der Waals surface area (Å²) in [5.41, 5.74) is 4.45. The maximum Gasteiger partial charge on any atom is 0.267 e. The lowest BCUT2D eigenvalue weighted by molar-refractivity contribution is -0.124. The number of rotatable bonds is 4. The van der Waals surface area contributed by atoms with E-state index in [0.29, 0.717) is 0 Å². The van der Waals surface area contributed by atoms with Crippen molar-refractivity contribution in [1.29, 1.82) is 0 Å². The molecule has 32 heavy (non-hydrogen) atoms. The molecule has 1 aliphatic heterocycles. The Morgan fingerprint density at radius 3 is 2.56 bits per heavy atom. The van der Waals surface area contributed by atoms with Crippen molar-refractivity contribution < 1.29 is 4.79 Å². The lowest BCUT2D eigenvalue weighted by atomic mass is 9.94. The van der Waals surface area contributed by atoms with Gasteiger partial charge in [-0.25, -0.2) is 4.99 Å². The molecule has 5 heteroatoms. The summed E-state index contributed by atoms with van der Waals surface area (Å²) in [6, 6.07) is 16.9. The first-order chi connectivity index (χ1) is 15.6. The van der Waals surface area contributed by atoms with Gasteiger partial charge in [-0.1, -0.05) is 56.5 Å². The quantitative estimate of drug-likeness (QED) is 0.422. The number of amidine groups is 1. The molecule has 5 rings (SSSR count). The Morgan fingerprint density at radius 1 is 1.06 bits per heavy atom. The summed E-state index contributed by atoms with van der Waals surface area (Å²) < 4.78 is 2.12. The van der Waals surface area contributed by atoms with Crippen LogP contribution in [-0.2, 0) is 18.3 Å². The number of fused-ring (bicyclic) bond motifs is 1. The number of benzene rings is 2. The minimum atomic E-state index is 0.0961. The minimum absolute atomic E-state index is 0.0961. The molecule has 0 bridgehead atoms. The molecular weight excluding hydrogens is 414 g/mol. The normalized spacial score (nSPS) is 20.2. The number of carbonyl (C=O) groups is 1. The Hall–Kier alpha value is -2.79. The van der Waals surface area contributed by atoms with Gasteiger partial charge in [0.25, 0.3) is 5.91 Å². The molecule has 2 aliphatic rings. The van der Waals surface area contributed by atoms with Crippen LogP contribution in [0.5, 0.6) is 0 Å². The van der Waals surface area contributed by atoms with Gasteiger partial charge in [-0.15, -0.1) is 0 Å². The molecule has 1 aromatic heterocycles. The molecule has 1 saturated heterocycles. The molecule has 4 nitrogen and oxygen atoms in total. The number of para-hydroxylation sites is 1. The molecule has 2 fully saturated rings. The Balaban J connectivity index is 1.53. The SMILES string of the molecule is CCc1ccc(N=C2S/C(=C\c3cn(C)c4ccccc34)C(=O)N2C2CCCCC2)cc1. The van der Waals surface area contributed by atoms with Gasteiger partial charge in [0.2, 0.25) is 0 Å². The standard InChI is InChI=1S/C27H29N3OS/c1-3-19-13-15-21(16-14-19)28-27-30(22-9-5-4-6-10-22)26(31)25(32-27)17-20-18-29(2)24-12-8-7-11-23(20)24/h7-8,11-18,22H,3-6,9-10H2,1-2H3/b25-17-,28-27?. The second-order valence-corrected chi connectivity index (χ2v) is 9.71. The van der Waals surface area contributed by atoms with Crippen LogP contribution in [0.3, 0.4) is 0 Å². The number of nitrogens with zero attached hydrogens (tertiary/aromatic N) is 3. The Labute approximate surface area is 194 Å². The summed E-state index contributed by atoms with van der Waals surface area (Å²) in [6.07, 6.45) is 10.9. The molecular formula is C27H29N3OS. The monoisotopic (exact) mass is 443 g/mol. The maximum absolute atomic E-state index is 13.6. The summed E-state index contributed by atoms with van der Waals surface area (Å²) in [6.45, 7) is 2.15. The van der Waals surface area contributed by atoms with E-state index >= 15 is 0 Å². The summed E-state index contributed by atoms with van der Waals surface area (Å²) in [7, 11) is 2.05. The van der Waals surface area contributed by atoms with E-state index in [1.807, 2.05) is 17.0 Å². The van der Waals surface area contributed by atoms with E-state index in [9.17, 15) is 4.79 Å². The van der Waals surface area contributed by atoms with Crippen molar-refractivity contribution >= 4 is 45.5 Å². The van der Waals surface area contributed by atoms with Crippen LogP contribution in [0.15, 0.2) is 64.6 Å². The zero-order valence-electron chi connectivity index (χ0n) is 18.8. The molecule has 0 radical (unpaired) electrons. The third-order valence-corrected chi connectivity index (χ3v) is 7.54. The van der Waals surface area contributed by atoms with Crippen LogP contribution >= 0.6 is 11.8 Å². The van der Waals surface area contributed by atoms with Gasteiger partial charge in [-0.3, -0.25) is 9.69 Å². The molecule has 0 N–H and O–H groups in total. The second kappa shape index (κ2) is 8.99. The van der Waals surface area contributed by atoms with Crippen molar-refractivity contribution in [3.05, 3.63) is 70.8 Å². The van der Waals surface area contributed by atoms with Gasteiger partial charge in [-0.2, -0.15) is 0 Å². The molecule has 0 atom stereocenters. The molecule has 164 valence electrons. The van der Waals surface area contributed by atoms with Gasteiger partial charge in [0.05, 0.1) is 10.6 Å². The van der Waals surface area contributed by atoms with Gasteiger partial charge in [0, 0.05) is 35.8 Å². The predicted molar refractivity (Wildman–Crippen MR) is 135 cm³/mol. The van der Waals surface area contributed by atoms with E-state index in [2.05, 4.69) is 67.2 Å². The van der Waals surface area contributed by atoms with E-state index in [-0.39, 0.29) is 11.9 Å². The number of carbonyl (C=O) groups excluding carboxylic acids is 1. The third kappa shape index (κ3) is 4.02. The lowest BCUT2D eigenvalue weighted by Crippen LogP contribution is -2.40.